The average Bonchev–Trinajstić information content (AvgIpc) is 3.05. The minimum atomic E-state index is -0.212. The number of pyridine rings is 1. The van der Waals surface area contributed by atoms with Crippen LogP contribution in [-0.4, -0.2) is 25.0 Å². The lowest BCUT2D eigenvalue weighted by Gasteiger charge is -2.17. The SMILES string of the molecule is CC(C#N)Sc1nnc(-c2cccnc2)n1-c1ccccc1C(C)C. The molecule has 0 saturated heterocycles. The first-order valence-electron chi connectivity index (χ1n) is 8.13. The first-order valence-corrected chi connectivity index (χ1v) is 9.01. The summed E-state index contributed by atoms with van der Waals surface area (Å²) in [7, 11) is 0. The number of nitrogens with zero attached hydrogens (tertiary/aromatic N) is 5. The van der Waals surface area contributed by atoms with E-state index in [0.29, 0.717) is 11.1 Å². The fourth-order valence-corrected chi connectivity index (χ4v) is 3.36. The number of benzene rings is 1. The molecule has 0 radical (unpaired) electrons. The summed E-state index contributed by atoms with van der Waals surface area (Å²) in [5, 5.41) is 18.4. The summed E-state index contributed by atoms with van der Waals surface area (Å²) < 4.78 is 2.03. The van der Waals surface area contributed by atoms with Gasteiger partial charge in [-0.1, -0.05) is 43.8 Å². The molecule has 0 aliphatic rings. The molecule has 0 saturated carbocycles. The summed E-state index contributed by atoms with van der Waals surface area (Å²) >= 11 is 1.41. The molecule has 5 nitrogen and oxygen atoms in total. The molecule has 1 aromatic carbocycles. The van der Waals surface area contributed by atoms with Crippen LogP contribution in [0.3, 0.4) is 0 Å². The largest absolute Gasteiger partial charge is 0.270 e. The third kappa shape index (κ3) is 3.57. The molecule has 0 fully saturated rings. The summed E-state index contributed by atoms with van der Waals surface area (Å²) in [6, 6.07) is 14.3. The van der Waals surface area contributed by atoms with E-state index in [1.807, 2.05) is 35.8 Å². The van der Waals surface area contributed by atoms with Crippen LogP contribution >= 0.6 is 11.8 Å². The Hall–Kier alpha value is -2.65. The van der Waals surface area contributed by atoms with Crippen LogP contribution in [0.4, 0.5) is 0 Å². The van der Waals surface area contributed by atoms with Gasteiger partial charge in [0, 0.05) is 18.0 Å². The normalized spacial score (nSPS) is 12.1. The highest BCUT2D eigenvalue weighted by Gasteiger charge is 2.20. The van der Waals surface area contributed by atoms with E-state index in [-0.39, 0.29) is 5.25 Å². The summed E-state index contributed by atoms with van der Waals surface area (Å²) in [6.07, 6.45) is 3.51. The van der Waals surface area contributed by atoms with Crippen molar-refractivity contribution < 1.29 is 0 Å². The van der Waals surface area contributed by atoms with E-state index in [2.05, 4.69) is 47.2 Å². The van der Waals surface area contributed by atoms with Gasteiger partial charge >= 0.3 is 0 Å². The molecule has 0 spiro atoms. The second kappa shape index (κ2) is 7.49. The van der Waals surface area contributed by atoms with Gasteiger partial charge in [-0.25, -0.2) is 0 Å². The Morgan fingerprint density at radius 2 is 1.88 bits per heavy atom. The maximum absolute atomic E-state index is 9.19. The Morgan fingerprint density at radius 1 is 1.08 bits per heavy atom. The first-order chi connectivity index (χ1) is 12.1. The van der Waals surface area contributed by atoms with E-state index in [4.69, 9.17) is 0 Å². The molecule has 2 aromatic heterocycles. The van der Waals surface area contributed by atoms with Gasteiger partial charge in [0.15, 0.2) is 11.0 Å². The number of hydrogen-bond acceptors (Lipinski definition) is 5. The molecular weight excluding hydrogens is 330 g/mol. The number of aromatic nitrogens is 4. The summed E-state index contributed by atoms with van der Waals surface area (Å²) in [6.45, 7) is 6.19. The van der Waals surface area contributed by atoms with Crippen molar-refractivity contribution in [3.05, 3.63) is 54.4 Å². The van der Waals surface area contributed by atoms with E-state index in [1.165, 1.54) is 17.3 Å². The molecule has 0 amide bonds. The Labute approximate surface area is 151 Å². The maximum atomic E-state index is 9.19. The van der Waals surface area contributed by atoms with Crippen LogP contribution in [-0.2, 0) is 0 Å². The van der Waals surface area contributed by atoms with Crippen molar-refractivity contribution in [1.82, 2.24) is 19.7 Å². The van der Waals surface area contributed by atoms with Crippen molar-refractivity contribution in [3.8, 4) is 23.1 Å². The van der Waals surface area contributed by atoms with Gasteiger partial charge in [0.2, 0.25) is 0 Å². The molecule has 0 N–H and O–H groups in total. The van der Waals surface area contributed by atoms with E-state index in [0.717, 1.165) is 17.1 Å². The molecule has 0 bridgehead atoms. The molecule has 25 heavy (non-hydrogen) atoms. The lowest BCUT2D eigenvalue weighted by atomic mass is 10.0. The first kappa shape index (κ1) is 17.2. The van der Waals surface area contributed by atoms with Gasteiger partial charge in [-0.15, -0.1) is 10.2 Å². The summed E-state index contributed by atoms with van der Waals surface area (Å²) in [5.41, 5.74) is 3.14. The van der Waals surface area contributed by atoms with Crippen LogP contribution in [0.1, 0.15) is 32.3 Å². The number of para-hydroxylation sites is 1. The molecule has 3 rings (SSSR count). The van der Waals surface area contributed by atoms with E-state index in [9.17, 15) is 5.26 Å². The van der Waals surface area contributed by atoms with E-state index < -0.39 is 0 Å². The fraction of sp³-hybridized carbons (Fsp3) is 0.263. The lowest BCUT2D eigenvalue weighted by Crippen LogP contribution is -2.06. The number of hydrogen-bond donors (Lipinski definition) is 0. The van der Waals surface area contributed by atoms with Gasteiger partial charge in [0.05, 0.1) is 17.0 Å². The summed E-state index contributed by atoms with van der Waals surface area (Å²) in [5.74, 6) is 1.08. The second-order valence-corrected chi connectivity index (χ2v) is 7.29. The van der Waals surface area contributed by atoms with E-state index >= 15 is 0 Å². The molecule has 3 aromatic rings. The number of nitriles is 1. The van der Waals surface area contributed by atoms with Gasteiger partial charge in [0.1, 0.15) is 0 Å². The smallest absolute Gasteiger partial charge is 0.197 e. The zero-order valence-electron chi connectivity index (χ0n) is 14.4. The van der Waals surface area contributed by atoms with Crippen molar-refractivity contribution in [2.24, 2.45) is 0 Å². The fourth-order valence-electron chi connectivity index (χ4n) is 2.61. The minimum absolute atomic E-state index is 0.212. The zero-order valence-corrected chi connectivity index (χ0v) is 15.2. The zero-order chi connectivity index (χ0) is 17.8. The van der Waals surface area contributed by atoms with Crippen LogP contribution in [0.15, 0.2) is 53.9 Å². The van der Waals surface area contributed by atoms with Crippen molar-refractivity contribution in [3.63, 3.8) is 0 Å². The van der Waals surface area contributed by atoms with Gasteiger partial charge < -0.3 is 0 Å². The summed E-state index contributed by atoms with van der Waals surface area (Å²) in [4.78, 5) is 4.20. The molecule has 2 heterocycles. The highest BCUT2D eigenvalue weighted by molar-refractivity contribution is 8.00. The van der Waals surface area contributed by atoms with Crippen molar-refractivity contribution in [2.75, 3.05) is 0 Å². The quantitative estimate of drug-likeness (QED) is 0.636. The molecular formula is C19H19N5S. The van der Waals surface area contributed by atoms with Crippen LogP contribution in [0.2, 0.25) is 0 Å². The Bertz CT molecular complexity index is 896. The van der Waals surface area contributed by atoms with Gasteiger partial charge in [-0.2, -0.15) is 5.26 Å². The predicted octanol–water partition coefficient (Wildman–Crippen LogP) is 4.46. The second-order valence-electron chi connectivity index (χ2n) is 5.99. The van der Waals surface area contributed by atoms with Crippen LogP contribution < -0.4 is 0 Å². The van der Waals surface area contributed by atoms with Gasteiger partial charge in [-0.05, 0) is 36.6 Å². The number of thioether (sulfide) groups is 1. The van der Waals surface area contributed by atoms with Crippen LogP contribution in [0.25, 0.3) is 17.1 Å². The molecule has 0 aliphatic heterocycles. The Morgan fingerprint density at radius 3 is 2.56 bits per heavy atom. The molecule has 6 heteroatoms. The molecule has 1 atom stereocenters. The molecule has 0 aliphatic carbocycles. The highest BCUT2D eigenvalue weighted by atomic mass is 32.2. The third-order valence-corrected chi connectivity index (χ3v) is 4.75. The Balaban J connectivity index is 2.22. The predicted molar refractivity (Wildman–Crippen MR) is 99.6 cm³/mol. The minimum Gasteiger partial charge on any atom is -0.270 e. The van der Waals surface area contributed by atoms with E-state index in [1.54, 1.807) is 12.4 Å². The van der Waals surface area contributed by atoms with Gasteiger partial charge in [0.25, 0.3) is 0 Å². The molecule has 1 unspecified atom stereocenters. The highest BCUT2D eigenvalue weighted by Crippen LogP contribution is 2.33. The topological polar surface area (TPSA) is 67.4 Å². The van der Waals surface area contributed by atoms with Crippen molar-refractivity contribution in [2.45, 2.75) is 37.1 Å². The Kier molecular flexibility index (Phi) is 5.15. The average molecular weight is 349 g/mol. The van der Waals surface area contributed by atoms with Crippen LogP contribution in [0, 0.1) is 11.3 Å². The maximum Gasteiger partial charge on any atom is 0.197 e. The third-order valence-electron chi connectivity index (χ3n) is 3.82. The van der Waals surface area contributed by atoms with Crippen LogP contribution in [0.5, 0.6) is 0 Å². The van der Waals surface area contributed by atoms with Crippen molar-refractivity contribution in [1.29, 1.82) is 5.26 Å². The van der Waals surface area contributed by atoms with Crippen molar-refractivity contribution >= 4 is 11.8 Å². The molecule has 126 valence electrons. The monoisotopic (exact) mass is 349 g/mol. The van der Waals surface area contributed by atoms with Gasteiger partial charge in [-0.3, -0.25) is 9.55 Å². The standard InChI is InChI=1S/C19H19N5S/c1-13(2)16-8-4-5-9-17(16)24-18(15-7-6-10-21-12-15)22-23-19(24)25-14(3)11-20/h4-10,12-14H,1-3H3. The lowest BCUT2D eigenvalue weighted by molar-refractivity contribution is 0.818. The number of rotatable bonds is 5.